The van der Waals surface area contributed by atoms with Crippen LogP contribution in [0.15, 0.2) is 18.2 Å². The van der Waals surface area contributed by atoms with Crippen molar-refractivity contribution in [2.45, 2.75) is 45.6 Å². The van der Waals surface area contributed by atoms with E-state index in [-0.39, 0.29) is 11.8 Å². The van der Waals surface area contributed by atoms with Crippen molar-refractivity contribution in [3.63, 3.8) is 0 Å². The van der Waals surface area contributed by atoms with Crippen molar-refractivity contribution >= 4 is 11.7 Å². The average molecular weight is 341 g/mol. The lowest BCUT2D eigenvalue weighted by atomic mass is 9.85. The van der Waals surface area contributed by atoms with Crippen LogP contribution in [0.4, 0.5) is 5.82 Å². The average Bonchev–Trinajstić information content (AvgIpc) is 2.94. The number of carbonyl (C=O) groups is 1. The maximum atomic E-state index is 12.3. The number of ether oxygens (including phenoxy) is 2. The maximum Gasteiger partial charge on any atom is 0.226 e. The van der Waals surface area contributed by atoms with Crippen molar-refractivity contribution in [1.82, 2.24) is 9.78 Å². The van der Waals surface area contributed by atoms with Gasteiger partial charge in [-0.25, -0.2) is 4.68 Å². The van der Waals surface area contributed by atoms with E-state index in [9.17, 15) is 4.79 Å². The molecule has 2 aliphatic rings. The molecular weight excluding hydrogens is 318 g/mol. The molecule has 1 amide bonds. The van der Waals surface area contributed by atoms with Gasteiger partial charge >= 0.3 is 0 Å². The number of hydrogen-bond acceptors (Lipinski definition) is 4. The van der Waals surface area contributed by atoms with Gasteiger partial charge in [0.2, 0.25) is 5.91 Å². The van der Waals surface area contributed by atoms with E-state index in [0.29, 0.717) is 19.6 Å². The highest BCUT2D eigenvalue weighted by atomic mass is 16.6. The van der Waals surface area contributed by atoms with E-state index in [1.54, 1.807) is 0 Å². The van der Waals surface area contributed by atoms with E-state index in [4.69, 9.17) is 9.47 Å². The number of nitrogens with zero attached hydrogens (tertiary/aromatic N) is 2. The van der Waals surface area contributed by atoms with Gasteiger partial charge < -0.3 is 14.8 Å². The fourth-order valence-corrected chi connectivity index (χ4v) is 3.65. The second-order valence-electron chi connectivity index (χ2n) is 6.63. The quantitative estimate of drug-likeness (QED) is 0.927. The Kier molecular flexibility index (Phi) is 4.11. The highest BCUT2D eigenvalue weighted by Gasteiger charge is 2.32. The summed E-state index contributed by atoms with van der Waals surface area (Å²) in [7, 11) is 0. The monoisotopic (exact) mass is 341 g/mol. The number of aryl methyl sites for hydroxylation is 2. The Bertz CT molecular complexity index is 812. The van der Waals surface area contributed by atoms with Crippen LogP contribution < -0.4 is 14.8 Å². The van der Waals surface area contributed by atoms with Gasteiger partial charge in [0.25, 0.3) is 0 Å². The summed E-state index contributed by atoms with van der Waals surface area (Å²) in [6.45, 7) is 6.12. The minimum Gasteiger partial charge on any atom is -0.486 e. The summed E-state index contributed by atoms with van der Waals surface area (Å²) >= 11 is 0. The molecule has 1 unspecified atom stereocenters. The molecule has 2 aliphatic heterocycles. The summed E-state index contributed by atoms with van der Waals surface area (Å²) in [6, 6.07) is 5.97. The van der Waals surface area contributed by atoms with Crippen LogP contribution in [0.3, 0.4) is 0 Å². The molecule has 1 aromatic heterocycles. The molecule has 0 bridgehead atoms. The third-order valence-corrected chi connectivity index (χ3v) is 4.86. The molecule has 1 N–H and O–H groups in total. The molecule has 0 fully saturated rings. The molecule has 2 aromatic rings. The van der Waals surface area contributed by atoms with Gasteiger partial charge in [-0.15, -0.1) is 0 Å². The summed E-state index contributed by atoms with van der Waals surface area (Å²) < 4.78 is 13.3. The second kappa shape index (κ2) is 6.43. The van der Waals surface area contributed by atoms with E-state index in [0.717, 1.165) is 53.5 Å². The lowest BCUT2D eigenvalue weighted by Crippen LogP contribution is -2.25. The number of aromatic nitrogens is 2. The highest BCUT2D eigenvalue weighted by Crippen LogP contribution is 2.42. The largest absolute Gasteiger partial charge is 0.486 e. The molecule has 0 radical (unpaired) electrons. The summed E-state index contributed by atoms with van der Waals surface area (Å²) in [5, 5.41) is 7.70. The van der Waals surface area contributed by atoms with Gasteiger partial charge in [0.05, 0.1) is 5.69 Å². The van der Waals surface area contributed by atoms with Crippen molar-refractivity contribution in [3.8, 4) is 11.5 Å². The van der Waals surface area contributed by atoms with Gasteiger partial charge in [-0.3, -0.25) is 4.79 Å². The number of nitrogens with one attached hydrogen (secondary N) is 1. The molecular formula is C19H23N3O3. The smallest absolute Gasteiger partial charge is 0.226 e. The first-order valence-electron chi connectivity index (χ1n) is 8.94. The fraction of sp³-hybridized carbons (Fsp3) is 0.474. The van der Waals surface area contributed by atoms with E-state index < -0.39 is 0 Å². The Morgan fingerprint density at radius 3 is 2.88 bits per heavy atom. The zero-order valence-electron chi connectivity index (χ0n) is 14.7. The van der Waals surface area contributed by atoms with Crippen LogP contribution in [0.25, 0.3) is 0 Å². The molecule has 1 atom stereocenters. The fourth-order valence-electron chi connectivity index (χ4n) is 3.65. The normalized spacial score (nSPS) is 18.6. The Morgan fingerprint density at radius 1 is 1.28 bits per heavy atom. The predicted octanol–water partition coefficient (Wildman–Crippen LogP) is 3.24. The molecule has 6 nitrogen and oxygen atoms in total. The Balaban J connectivity index is 1.74. The molecule has 3 heterocycles. The van der Waals surface area contributed by atoms with E-state index in [1.165, 1.54) is 0 Å². The molecule has 0 saturated carbocycles. The first-order valence-corrected chi connectivity index (χ1v) is 8.94. The molecule has 25 heavy (non-hydrogen) atoms. The number of amides is 1. The van der Waals surface area contributed by atoms with Gasteiger partial charge in [0.15, 0.2) is 11.5 Å². The summed E-state index contributed by atoms with van der Waals surface area (Å²) in [5.74, 6) is 2.40. The number of hydrogen-bond donors (Lipinski definition) is 1. The van der Waals surface area contributed by atoms with Crippen LogP contribution in [0.5, 0.6) is 11.5 Å². The van der Waals surface area contributed by atoms with Crippen molar-refractivity contribution in [2.24, 2.45) is 0 Å². The second-order valence-corrected chi connectivity index (χ2v) is 6.63. The van der Waals surface area contributed by atoms with Crippen LogP contribution in [0.1, 0.15) is 48.9 Å². The molecule has 4 rings (SSSR count). The van der Waals surface area contributed by atoms with Crippen LogP contribution in [0, 0.1) is 6.92 Å². The van der Waals surface area contributed by atoms with Crippen LogP contribution >= 0.6 is 0 Å². The van der Waals surface area contributed by atoms with E-state index in [2.05, 4.69) is 17.3 Å². The Labute approximate surface area is 147 Å². The van der Waals surface area contributed by atoms with Crippen LogP contribution in [0.2, 0.25) is 0 Å². The lowest BCUT2D eigenvalue weighted by Gasteiger charge is -2.26. The summed E-state index contributed by atoms with van der Waals surface area (Å²) in [6.07, 6.45) is 2.55. The van der Waals surface area contributed by atoms with Gasteiger partial charge in [-0.2, -0.15) is 5.10 Å². The Morgan fingerprint density at radius 2 is 2.08 bits per heavy atom. The van der Waals surface area contributed by atoms with Gasteiger partial charge in [0.1, 0.15) is 19.0 Å². The van der Waals surface area contributed by atoms with Gasteiger partial charge in [0, 0.05) is 24.4 Å². The van der Waals surface area contributed by atoms with Crippen molar-refractivity contribution < 1.29 is 14.3 Å². The van der Waals surface area contributed by atoms with Crippen molar-refractivity contribution in [1.29, 1.82) is 0 Å². The zero-order chi connectivity index (χ0) is 17.4. The lowest BCUT2D eigenvalue weighted by molar-refractivity contribution is -0.116. The Hall–Kier alpha value is -2.50. The minimum atomic E-state index is -0.00467. The third-order valence-electron chi connectivity index (χ3n) is 4.86. The maximum absolute atomic E-state index is 12.3. The highest BCUT2D eigenvalue weighted by molar-refractivity contribution is 5.94. The van der Waals surface area contributed by atoms with Crippen molar-refractivity contribution in [3.05, 3.63) is 35.0 Å². The van der Waals surface area contributed by atoms with Crippen molar-refractivity contribution in [2.75, 3.05) is 18.5 Å². The number of unbranched alkanes of at least 4 members (excludes halogenated alkanes) is 1. The minimum absolute atomic E-state index is 0.00467. The number of carbonyl (C=O) groups excluding carboxylic acids is 1. The molecule has 1 aromatic carbocycles. The standard InChI is InChI=1S/C19H23N3O3/c1-3-4-7-22-19-18(12(2)21-22)14(11-17(23)20-19)13-5-6-15-16(10-13)25-9-8-24-15/h5-6,10,14H,3-4,7-9,11H2,1-2H3,(H,20,23). The number of benzene rings is 1. The molecule has 6 heteroatoms. The predicted molar refractivity (Wildman–Crippen MR) is 94.4 cm³/mol. The number of rotatable bonds is 4. The van der Waals surface area contributed by atoms with Gasteiger partial charge in [-0.05, 0) is 31.0 Å². The van der Waals surface area contributed by atoms with Crippen LogP contribution in [-0.2, 0) is 11.3 Å². The van der Waals surface area contributed by atoms with Gasteiger partial charge in [-0.1, -0.05) is 19.4 Å². The molecule has 0 aliphatic carbocycles. The number of fused-ring (bicyclic) bond motifs is 2. The third kappa shape index (κ3) is 2.86. The van der Waals surface area contributed by atoms with E-state index in [1.807, 2.05) is 29.8 Å². The molecule has 0 saturated heterocycles. The van der Waals surface area contributed by atoms with E-state index >= 15 is 0 Å². The molecule has 132 valence electrons. The summed E-state index contributed by atoms with van der Waals surface area (Å²) in [4.78, 5) is 12.3. The SMILES string of the molecule is CCCCn1nc(C)c2c1NC(=O)CC2c1ccc2c(c1)OCCO2. The first kappa shape index (κ1) is 16.0. The zero-order valence-corrected chi connectivity index (χ0v) is 14.7. The van der Waals surface area contributed by atoms with Crippen LogP contribution in [-0.4, -0.2) is 28.9 Å². The molecule has 0 spiro atoms. The summed E-state index contributed by atoms with van der Waals surface area (Å²) in [5.41, 5.74) is 3.16. The first-order chi connectivity index (χ1) is 12.2. The number of anilines is 1. The topological polar surface area (TPSA) is 65.4 Å².